The maximum Gasteiger partial charge on any atom is 0.416 e. The van der Waals surface area contributed by atoms with E-state index in [1.165, 1.54) is 7.11 Å². The van der Waals surface area contributed by atoms with Crippen LogP contribution in [0.5, 0.6) is 11.5 Å². The number of halogens is 4. The standard InChI is InChI=1S/C19H21F4NO2/c1-12(3-4-13-5-8-17(25)18(9-13)26-2)24-11-14-6-7-15(10-16(14)20)19(21,22)23/h5-10,12,24-25H,3-4,11H2,1-2H3. The number of rotatable bonds is 7. The van der Waals surface area contributed by atoms with Crippen molar-refractivity contribution < 1.29 is 27.4 Å². The first-order valence-electron chi connectivity index (χ1n) is 8.15. The maximum atomic E-state index is 13.8. The summed E-state index contributed by atoms with van der Waals surface area (Å²) in [7, 11) is 1.47. The molecule has 0 amide bonds. The third-order valence-corrected chi connectivity index (χ3v) is 4.13. The van der Waals surface area contributed by atoms with Gasteiger partial charge in [-0.05, 0) is 49.6 Å². The molecule has 1 atom stereocenters. The second-order valence-corrected chi connectivity index (χ2v) is 6.13. The van der Waals surface area contributed by atoms with Gasteiger partial charge >= 0.3 is 6.18 Å². The minimum absolute atomic E-state index is 0.0245. The minimum Gasteiger partial charge on any atom is -0.504 e. The van der Waals surface area contributed by atoms with E-state index in [1.807, 2.05) is 6.92 Å². The number of aryl methyl sites for hydroxylation is 1. The van der Waals surface area contributed by atoms with Gasteiger partial charge in [-0.15, -0.1) is 0 Å². The first kappa shape index (κ1) is 20.0. The van der Waals surface area contributed by atoms with Crippen molar-refractivity contribution in [1.29, 1.82) is 0 Å². The second kappa shape index (κ2) is 8.40. The highest BCUT2D eigenvalue weighted by Gasteiger charge is 2.31. The van der Waals surface area contributed by atoms with Crippen molar-refractivity contribution in [2.75, 3.05) is 7.11 Å². The predicted molar refractivity (Wildman–Crippen MR) is 90.7 cm³/mol. The number of phenolic OH excluding ortho intramolecular Hbond substituents is 1. The summed E-state index contributed by atoms with van der Waals surface area (Å²) in [6, 6.07) is 7.68. The van der Waals surface area contributed by atoms with Crippen molar-refractivity contribution in [1.82, 2.24) is 5.32 Å². The Labute approximate surface area is 149 Å². The Bertz CT molecular complexity index is 747. The molecule has 7 heteroatoms. The number of benzene rings is 2. The van der Waals surface area contributed by atoms with Crippen molar-refractivity contribution in [3.8, 4) is 11.5 Å². The Hall–Kier alpha value is -2.28. The van der Waals surface area contributed by atoms with Crippen LogP contribution < -0.4 is 10.1 Å². The third kappa shape index (κ3) is 5.36. The van der Waals surface area contributed by atoms with E-state index < -0.39 is 17.6 Å². The van der Waals surface area contributed by atoms with Crippen molar-refractivity contribution in [2.24, 2.45) is 0 Å². The molecule has 0 aromatic heterocycles. The van der Waals surface area contributed by atoms with Gasteiger partial charge in [0.15, 0.2) is 11.5 Å². The van der Waals surface area contributed by atoms with E-state index in [2.05, 4.69) is 5.32 Å². The molecule has 1 unspecified atom stereocenters. The molecule has 2 N–H and O–H groups in total. The largest absolute Gasteiger partial charge is 0.504 e. The third-order valence-electron chi connectivity index (χ3n) is 4.13. The second-order valence-electron chi connectivity index (χ2n) is 6.13. The van der Waals surface area contributed by atoms with E-state index in [4.69, 9.17) is 4.74 Å². The number of alkyl halides is 3. The lowest BCUT2D eigenvalue weighted by Gasteiger charge is -2.15. The average molecular weight is 371 g/mol. The molecule has 0 saturated carbocycles. The van der Waals surface area contributed by atoms with Gasteiger partial charge in [0.1, 0.15) is 5.82 Å². The fourth-order valence-electron chi connectivity index (χ4n) is 2.51. The van der Waals surface area contributed by atoms with E-state index in [1.54, 1.807) is 18.2 Å². The Kier molecular flexibility index (Phi) is 6.47. The van der Waals surface area contributed by atoms with Gasteiger partial charge in [0.25, 0.3) is 0 Å². The summed E-state index contributed by atoms with van der Waals surface area (Å²) in [6.45, 7) is 2.06. The Morgan fingerprint density at radius 1 is 1.15 bits per heavy atom. The van der Waals surface area contributed by atoms with Crippen molar-refractivity contribution in [3.05, 3.63) is 58.9 Å². The van der Waals surface area contributed by atoms with Gasteiger partial charge in [-0.3, -0.25) is 0 Å². The van der Waals surface area contributed by atoms with Gasteiger partial charge in [0, 0.05) is 18.2 Å². The zero-order valence-corrected chi connectivity index (χ0v) is 14.5. The van der Waals surface area contributed by atoms with Crippen LogP contribution in [0.2, 0.25) is 0 Å². The highest BCUT2D eigenvalue weighted by atomic mass is 19.4. The average Bonchev–Trinajstić information content (AvgIpc) is 2.59. The summed E-state index contributed by atoms with van der Waals surface area (Å²) in [5, 5.41) is 12.7. The van der Waals surface area contributed by atoms with E-state index >= 15 is 0 Å². The van der Waals surface area contributed by atoms with Gasteiger partial charge in [-0.1, -0.05) is 12.1 Å². The molecule has 2 aromatic rings. The molecule has 2 aromatic carbocycles. The normalized spacial score (nSPS) is 12.8. The van der Waals surface area contributed by atoms with Gasteiger partial charge in [-0.2, -0.15) is 13.2 Å². The first-order chi connectivity index (χ1) is 12.2. The van der Waals surface area contributed by atoms with Crippen molar-refractivity contribution in [2.45, 2.75) is 38.5 Å². The topological polar surface area (TPSA) is 41.5 Å². The molecular formula is C19H21F4NO2. The number of nitrogens with one attached hydrogen (secondary N) is 1. The number of aromatic hydroxyl groups is 1. The molecule has 26 heavy (non-hydrogen) atoms. The maximum absolute atomic E-state index is 13.8. The van der Waals surface area contributed by atoms with Crippen LogP contribution in [0.4, 0.5) is 17.6 Å². The minimum atomic E-state index is -4.55. The van der Waals surface area contributed by atoms with Crippen LogP contribution in [0, 0.1) is 5.82 Å². The Balaban J connectivity index is 1.88. The molecule has 0 aliphatic carbocycles. The molecule has 3 nitrogen and oxygen atoms in total. The molecule has 0 saturated heterocycles. The molecule has 0 fully saturated rings. The van der Waals surface area contributed by atoms with Gasteiger partial charge in [0.05, 0.1) is 12.7 Å². The Morgan fingerprint density at radius 2 is 1.88 bits per heavy atom. The van der Waals surface area contributed by atoms with E-state index in [-0.39, 0.29) is 23.9 Å². The molecule has 0 spiro atoms. The lowest BCUT2D eigenvalue weighted by Crippen LogP contribution is -2.26. The summed E-state index contributed by atoms with van der Waals surface area (Å²) in [5.74, 6) is -0.405. The van der Waals surface area contributed by atoms with Gasteiger partial charge in [-0.25, -0.2) is 4.39 Å². The number of hydrogen-bond donors (Lipinski definition) is 2. The number of ether oxygens (including phenoxy) is 1. The zero-order valence-electron chi connectivity index (χ0n) is 14.5. The summed E-state index contributed by atoms with van der Waals surface area (Å²) in [6.07, 6.45) is -3.11. The number of hydrogen-bond acceptors (Lipinski definition) is 3. The van der Waals surface area contributed by atoms with E-state index in [0.717, 1.165) is 24.1 Å². The molecule has 0 aliphatic heterocycles. The van der Waals surface area contributed by atoms with Crippen LogP contribution in [0.1, 0.15) is 30.0 Å². The molecular weight excluding hydrogens is 350 g/mol. The Morgan fingerprint density at radius 3 is 2.50 bits per heavy atom. The van der Waals surface area contributed by atoms with Crippen LogP contribution in [-0.4, -0.2) is 18.3 Å². The number of methoxy groups -OCH3 is 1. The van der Waals surface area contributed by atoms with E-state index in [9.17, 15) is 22.7 Å². The van der Waals surface area contributed by atoms with Crippen LogP contribution >= 0.6 is 0 Å². The number of phenols is 1. The molecule has 0 radical (unpaired) electrons. The summed E-state index contributed by atoms with van der Waals surface area (Å²) < 4.78 is 56.5. The fourth-order valence-corrected chi connectivity index (χ4v) is 2.51. The van der Waals surface area contributed by atoms with Crippen LogP contribution in [-0.2, 0) is 19.1 Å². The lowest BCUT2D eigenvalue weighted by atomic mass is 10.0. The smallest absolute Gasteiger partial charge is 0.416 e. The van der Waals surface area contributed by atoms with Crippen molar-refractivity contribution in [3.63, 3.8) is 0 Å². The molecule has 0 bridgehead atoms. The van der Waals surface area contributed by atoms with E-state index in [0.29, 0.717) is 18.2 Å². The summed E-state index contributed by atoms with van der Waals surface area (Å²) in [5.41, 5.74) is 0.179. The summed E-state index contributed by atoms with van der Waals surface area (Å²) >= 11 is 0. The van der Waals surface area contributed by atoms with Gasteiger partial charge < -0.3 is 15.2 Å². The molecule has 0 heterocycles. The summed E-state index contributed by atoms with van der Waals surface area (Å²) in [4.78, 5) is 0. The molecule has 0 aliphatic rings. The lowest BCUT2D eigenvalue weighted by molar-refractivity contribution is -0.137. The molecule has 142 valence electrons. The highest BCUT2D eigenvalue weighted by molar-refractivity contribution is 5.41. The first-order valence-corrected chi connectivity index (χ1v) is 8.15. The quantitative estimate of drug-likeness (QED) is 0.695. The fraction of sp³-hybridized carbons (Fsp3) is 0.368. The zero-order chi connectivity index (χ0) is 19.3. The SMILES string of the molecule is COc1cc(CCC(C)NCc2ccc(C(F)(F)F)cc2F)ccc1O. The highest BCUT2D eigenvalue weighted by Crippen LogP contribution is 2.30. The predicted octanol–water partition coefficient (Wildman–Crippen LogP) is 4.67. The van der Waals surface area contributed by atoms with Crippen LogP contribution in [0.25, 0.3) is 0 Å². The van der Waals surface area contributed by atoms with Gasteiger partial charge in [0.2, 0.25) is 0 Å². The van der Waals surface area contributed by atoms with Crippen molar-refractivity contribution >= 4 is 0 Å². The van der Waals surface area contributed by atoms with Crippen LogP contribution in [0.3, 0.4) is 0 Å². The van der Waals surface area contributed by atoms with Crippen LogP contribution in [0.15, 0.2) is 36.4 Å². The monoisotopic (exact) mass is 371 g/mol. The molecule has 2 rings (SSSR count).